The molecule has 2 rings (SSSR count). The third kappa shape index (κ3) is 4.42. The second-order valence-corrected chi connectivity index (χ2v) is 4.93. The first-order valence-electron chi connectivity index (χ1n) is 5.73. The number of nitrogens with one attached hydrogen (secondary N) is 1. The van der Waals surface area contributed by atoms with Crippen molar-refractivity contribution in [1.29, 1.82) is 0 Å². The lowest BCUT2D eigenvalue weighted by atomic mass is 10.2. The fourth-order valence-corrected chi connectivity index (χ4v) is 1.85. The molecule has 2 aromatic rings. The molecule has 9 heteroatoms. The van der Waals surface area contributed by atoms with E-state index < -0.39 is 24.0 Å². The Hall–Kier alpha value is -2.16. The van der Waals surface area contributed by atoms with Crippen LogP contribution < -0.4 is 10.1 Å². The number of amides is 1. The molecule has 0 unspecified atom stereocenters. The highest BCUT2D eigenvalue weighted by Crippen LogP contribution is 2.24. The van der Waals surface area contributed by atoms with Gasteiger partial charge in [0.05, 0.1) is 5.56 Å². The second-order valence-electron chi connectivity index (χ2n) is 4.02. The van der Waals surface area contributed by atoms with Crippen LogP contribution in [0.2, 0.25) is 0 Å². The van der Waals surface area contributed by atoms with Gasteiger partial charge >= 0.3 is 6.36 Å². The van der Waals surface area contributed by atoms with Crippen LogP contribution in [-0.2, 0) is 0 Å². The number of carbonyl (C=O) groups excluding carboxylic acids is 1. The van der Waals surface area contributed by atoms with E-state index in [-0.39, 0.29) is 11.3 Å². The summed E-state index contributed by atoms with van der Waals surface area (Å²) in [6, 6.07) is 5.68. The first kappa shape index (κ1) is 16.2. The zero-order chi connectivity index (χ0) is 16.3. The Morgan fingerprint density at radius 2 is 1.86 bits per heavy atom. The van der Waals surface area contributed by atoms with E-state index in [4.69, 9.17) is 0 Å². The van der Waals surface area contributed by atoms with E-state index in [1.165, 1.54) is 24.4 Å². The highest BCUT2D eigenvalue weighted by atomic mass is 79.9. The van der Waals surface area contributed by atoms with Gasteiger partial charge in [0.2, 0.25) is 5.95 Å². The van der Waals surface area contributed by atoms with E-state index in [2.05, 4.69) is 31.0 Å². The topological polar surface area (TPSA) is 51.2 Å². The lowest BCUT2D eigenvalue weighted by molar-refractivity contribution is -0.274. The minimum Gasteiger partial charge on any atom is -0.406 e. The van der Waals surface area contributed by atoms with Gasteiger partial charge in [0.15, 0.2) is 0 Å². The number of alkyl halides is 3. The quantitative estimate of drug-likeness (QED) is 0.645. The van der Waals surface area contributed by atoms with Crippen LogP contribution in [0.5, 0.6) is 5.75 Å². The van der Waals surface area contributed by atoms with Crippen molar-refractivity contribution < 1.29 is 27.1 Å². The third-order valence-electron chi connectivity index (χ3n) is 2.40. The summed E-state index contributed by atoms with van der Waals surface area (Å²) in [5, 5.41) is 2.34. The lowest BCUT2D eigenvalue weighted by Crippen LogP contribution is -2.17. The standard InChI is InChI=1S/C13H7BrF4N2O2/c14-7-5-10(11(15)19-6-7)12(21)20-8-1-3-9(4-2-8)22-13(16,17)18/h1-6H,(H,20,21). The number of carbonyl (C=O) groups is 1. The molecule has 0 bridgehead atoms. The average Bonchev–Trinajstić information content (AvgIpc) is 2.42. The normalized spacial score (nSPS) is 11.1. The van der Waals surface area contributed by atoms with Crippen molar-refractivity contribution in [3.8, 4) is 5.75 Å². The molecule has 0 radical (unpaired) electrons. The van der Waals surface area contributed by atoms with Gasteiger partial charge in [-0.25, -0.2) is 4.98 Å². The van der Waals surface area contributed by atoms with Gasteiger partial charge in [-0.15, -0.1) is 13.2 Å². The number of benzene rings is 1. The molecule has 0 saturated heterocycles. The SMILES string of the molecule is O=C(Nc1ccc(OC(F)(F)F)cc1)c1cc(Br)cnc1F. The van der Waals surface area contributed by atoms with E-state index >= 15 is 0 Å². The monoisotopic (exact) mass is 378 g/mol. The van der Waals surface area contributed by atoms with Crippen molar-refractivity contribution in [2.75, 3.05) is 5.32 Å². The van der Waals surface area contributed by atoms with Crippen molar-refractivity contribution in [3.05, 3.63) is 52.5 Å². The van der Waals surface area contributed by atoms with Gasteiger partial charge in [-0.3, -0.25) is 4.79 Å². The Balaban J connectivity index is 2.10. The first-order valence-corrected chi connectivity index (χ1v) is 6.52. The fraction of sp³-hybridized carbons (Fsp3) is 0.0769. The van der Waals surface area contributed by atoms with Crippen LogP contribution in [0.1, 0.15) is 10.4 Å². The highest BCUT2D eigenvalue weighted by Gasteiger charge is 2.30. The van der Waals surface area contributed by atoms with Crippen molar-refractivity contribution in [3.63, 3.8) is 0 Å². The van der Waals surface area contributed by atoms with Crippen molar-refractivity contribution in [2.45, 2.75) is 6.36 Å². The second kappa shape index (κ2) is 6.30. The summed E-state index contributed by atoms with van der Waals surface area (Å²) in [6.07, 6.45) is -3.61. The fourth-order valence-electron chi connectivity index (χ4n) is 1.52. The van der Waals surface area contributed by atoms with Gasteiger partial charge in [0, 0.05) is 16.4 Å². The van der Waals surface area contributed by atoms with Gasteiger partial charge < -0.3 is 10.1 Å². The number of anilines is 1. The molecule has 0 aliphatic carbocycles. The van der Waals surface area contributed by atoms with E-state index in [9.17, 15) is 22.4 Å². The maximum Gasteiger partial charge on any atom is 0.573 e. The predicted octanol–water partition coefficient (Wildman–Crippen LogP) is 4.13. The Morgan fingerprint density at radius 1 is 1.23 bits per heavy atom. The molecule has 0 saturated carbocycles. The molecule has 0 atom stereocenters. The molecule has 1 aromatic heterocycles. The number of rotatable bonds is 3. The Kier molecular flexibility index (Phi) is 4.65. The Morgan fingerprint density at radius 3 is 2.45 bits per heavy atom. The zero-order valence-corrected chi connectivity index (χ0v) is 12.2. The van der Waals surface area contributed by atoms with Gasteiger partial charge in [-0.1, -0.05) is 0 Å². The van der Waals surface area contributed by atoms with Crippen LogP contribution in [0, 0.1) is 5.95 Å². The number of ether oxygens (including phenoxy) is 1. The van der Waals surface area contributed by atoms with Crippen molar-refractivity contribution in [1.82, 2.24) is 4.98 Å². The van der Waals surface area contributed by atoms with Crippen LogP contribution in [0.4, 0.5) is 23.2 Å². The van der Waals surface area contributed by atoms with Gasteiger partial charge in [-0.2, -0.15) is 4.39 Å². The summed E-state index contributed by atoms with van der Waals surface area (Å²) in [5.41, 5.74) is -0.121. The Labute approximate surface area is 130 Å². The molecule has 0 spiro atoms. The number of halogens is 5. The smallest absolute Gasteiger partial charge is 0.406 e. The van der Waals surface area contributed by atoms with Crippen molar-refractivity contribution >= 4 is 27.5 Å². The summed E-state index contributed by atoms with van der Waals surface area (Å²) >= 11 is 3.06. The molecule has 1 amide bonds. The Bertz CT molecular complexity index is 689. The molecule has 1 aromatic carbocycles. The summed E-state index contributed by atoms with van der Waals surface area (Å²) in [5.74, 6) is -2.17. The minimum atomic E-state index is -4.80. The van der Waals surface area contributed by atoms with Crippen molar-refractivity contribution in [2.24, 2.45) is 0 Å². The van der Waals surface area contributed by atoms with Crippen LogP contribution >= 0.6 is 15.9 Å². The lowest BCUT2D eigenvalue weighted by Gasteiger charge is -2.10. The molecule has 116 valence electrons. The van der Waals surface area contributed by atoms with E-state index in [0.29, 0.717) is 4.47 Å². The summed E-state index contributed by atoms with van der Waals surface area (Å²) in [6.45, 7) is 0. The molecule has 0 aliphatic heterocycles. The van der Waals surface area contributed by atoms with E-state index in [0.717, 1.165) is 12.1 Å². The molecule has 0 aliphatic rings. The molecule has 22 heavy (non-hydrogen) atoms. The summed E-state index contributed by atoms with van der Waals surface area (Å²) in [7, 11) is 0. The van der Waals surface area contributed by atoms with E-state index in [1.54, 1.807) is 0 Å². The average molecular weight is 379 g/mol. The van der Waals surface area contributed by atoms with Crippen LogP contribution in [0.3, 0.4) is 0 Å². The number of hydrogen-bond acceptors (Lipinski definition) is 3. The molecule has 1 heterocycles. The molecule has 1 N–H and O–H groups in total. The van der Waals surface area contributed by atoms with Crippen LogP contribution in [-0.4, -0.2) is 17.3 Å². The minimum absolute atomic E-state index is 0.180. The van der Waals surface area contributed by atoms with Crippen LogP contribution in [0.15, 0.2) is 41.0 Å². The first-order chi connectivity index (χ1) is 10.2. The van der Waals surface area contributed by atoms with Gasteiger partial charge in [0.1, 0.15) is 5.75 Å². The number of hydrogen-bond donors (Lipinski definition) is 1. The zero-order valence-electron chi connectivity index (χ0n) is 10.6. The molecule has 4 nitrogen and oxygen atoms in total. The third-order valence-corrected chi connectivity index (χ3v) is 2.83. The maximum absolute atomic E-state index is 13.4. The molecule has 0 fully saturated rings. The number of pyridine rings is 1. The maximum atomic E-state index is 13.4. The van der Waals surface area contributed by atoms with Crippen LogP contribution in [0.25, 0.3) is 0 Å². The van der Waals surface area contributed by atoms with Gasteiger partial charge in [0.25, 0.3) is 5.91 Å². The molecular weight excluding hydrogens is 372 g/mol. The number of nitrogens with zero attached hydrogens (tertiary/aromatic N) is 1. The highest BCUT2D eigenvalue weighted by molar-refractivity contribution is 9.10. The van der Waals surface area contributed by atoms with E-state index in [1.807, 2.05) is 0 Å². The van der Waals surface area contributed by atoms with Gasteiger partial charge in [-0.05, 0) is 46.3 Å². The predicted molar refractivity (Wildman–Crippen MR) is 73.0 cm³/mol. The largest absolute Gasteiger partial charge is 0.573 e. The summed E-state index contributed by atoms with van der Waals surface area (Å²) in [4.78, 5) is 15.3. The summed E-state index contributed by atoms with van der Waals surface area (Å²) < 4.78 is 53.6. The number of aromatic nitrogens is 1. The molecular formula is C13H7BrF4N2O2.